The van der Waals surface area contributed by atoms with Crippen molar-refractivity contribution in [2.45, 2.75) is 32.6 Å². The Morgan fingerprint density at radius 1 is 1.44 bits per heavy atom. The lowest BCUT2D eigenvalue weighted by Gasteiger charge is -2.15. The van der Waals surface area contributed by atoms with Crippen molar-refractivity contribution in [3.8, 4) is 0 Å². The van der Waals surface area contributed by atoms with Gasteiger partial charge in [-0.05, 0) is 42.9 Å². The van der Waals surface area contributed by atoms with Crippen LogP contribution in [-0.4, -0.2) is 12.5 Å². The Labute approximate surface area is 116 Å². The molecule has 1 aromatic carbocycles. The monoisotopic (exact) mass is 310 g/mol. The van der Waals surface area contributed by atoms with Gasteiger partial charge in [0.1, 0.15) is 0 Å². The van der Waals surface area contributed by atoms with Crippen molar-refractivity contribution in [3.63, 3.8) is 0 Å². The summed E-state index contributed by atoms with van der Waals surface area (Å²) in [5.74, 6) is -0.0367. The molecule has 98 valence electrons. The van der Waals surface area contributed by atoms with Crippen LogP contribution in [0, 0.1) is 5.41 Å². The molecule has 0 heterocycles. The van der Waals surface area contributed by atoms with Gasteiger partial charge in [-0.2, -0.15) is 0 Å². The number of carbonyl (C=O) groups is 1. The minimum Gasteiger partial charge on any atom is -0.399 e. The first-order valence-corrected chi connectivity index (χ1v) is 7.18. The minimum atomic E-state index is -0.0367. The number of anilines is 1. The molecule has 0 radical (unpaired) electrons. The lowest BCUT2D eigenvalue weighted by Crippen LogP contribution is -2.30. The van der Waals surface area contributed by atoms with Gasteiger partial charge in [-0.1, -0.05) is 29.3 Å². The molecule has 0 aromatic heterocycles. The summed E-state index contributed by atoms with van der Waals surface area (Å²) in [6, 6.07) is 5.29. The van der Waals surface area contributed by atoms with Crippen LogP contribution in [-0.2, 0) is 0 Å². The van der Waals surface area contributed by atoms with Gasteiger partial charge >= 0.3 is 0 Å². The molecule has 1 aliphatic rings. The van der Waals surface area contributed by atoms with Gasteiger partial charge in [-0.3, -0.25) is 4.79 Å². The van der Waals surface area contributed by atoms with E-state index in [0.29, 0.717) is 16.7 Å². The summed E-state index contributed by atoms with van der Waals surface area (Å²) in [6.45, 7) is 2.98. The lowest BCUT2D eigenvalue weighted by molar-refractivity contribution is 0.0943. The van der Waals surface area contributed by atoms with Crippen LogP contribution in [0.15, 0.2) is 22.7 Å². The Hall–Kier alpha value is -1.03. The second-order valence-corrected chi connectivity index (χ2v) is 6.12. The van der Waals surface area contributed by atoms with Crippen molar-refractivity contribution in [2.75, 3.05) is 12.3 Å². The molecule has 1 saturated carbocycles. The van der Waals surface area contributed by atoms with E-state index in [1.54, 1.807) is 18.2 Å². The molecule has 2 rings (SSSR count). The zero-order chi connectivity index (χ0) is 13.2. The third-order valence-corrected chi connectivity index (χ3v) is 4.00. The molecule has 3 N–H and O–H groups in total. The Bertz CT molecular complexity index is 435. The van der Waals surface area contributed by atoms with Crippen molar-refractivity contribution in [1.29, 1.82) is 0 Å². The third kappa shape index (κ3) is 3.25. The summed E-state index contributed by atoms with van der Waals surface area (Å²) >= 11 is 3.35. The fraction of sp³-hybridized carbons (Fsp3) is 0.500. The number of nitrogens with two attached hydrogens (primary N) is 1. The van der Waals surface area contributed by atoms with Crippen LogP contribution < -0.4 is 11.1 Å². The standard InChI is InChI=1S/C14H19BrN2O/c1-2-3-14(4-5-14)9-17-13(18)10-6-11(15)8-12(16)7-10/h6-8H,2-5,9,16H2,1H3,(H,17,18). The predicted molar refractivity (Wildman–Crippen MR) is 77.5 cm³/mol. The van der Waals surface area contributed by atoms with Gasteiger partial charge in [-0.25, -0.2) is 0 Å². The molecular weight excluding hydrogens is 292 g/mol. The Balaban J connectivity index is 1.95. The highest BCUT2D eigenvalue weighted by Gasteiger charge is 2.41. The summed E-state index contributed by atoms with van der Waals surface area (Å²) in [5.41, 5.74) is 7.33. The zero-order valence-corrected chi connectivity index (χ0v) is 12.2. The highest BCUT2D eigenvalue weighted by Crippen LogP contribution is 2.48. The fourth-order valence-corrected chi connectivity index (χ4v) is 2.85. The van der Waals surface area contributed by atoms with E-state index < -0.39 is 0 Å². The van der Waals surface area contributed by atoms with Gasteiger partial charge in [-0.15, -0.1) is 0 Å². The Kier molecular flexibility index (Phi) is 3.95. The molecule has 1 aromatic rings. The number of benzene rings is 1. The first-order chi connectivity index (χ1) is 8.54. The van der Waals surface area contributed by atoms with Crippen molar-refractivity contribution in [2.24, 2.45) is 5.41 Å². The van der Waals surface area contributed by atoms with Crippen LogP contribution >= 0.6 is 15.9 Å². The van der Waals surface area contributed by atoms with Crippen LogP contribution in [0.5, 0.6) is 0 Å². The van der Waals surface area contributed by atoms with Crippen molar-refractivity contribution in [1.82, 2.24) is 5.32 Å². The van der Waals surface area contributed by atoms with Crippen molar-refractivity contribution in [3.05, 3.63) is 28.2 Å². The molecular formula is C14H19BrN2O. The van der Waals surface area contributed by atoms with E-state index in [2.05, 4.69) is 28.2 Å². The van der Waals surface area contributed by atoms with Crippen LogP contribution in [0.3, 0.4) is 0 Å². The second kappa shape index (κ2) is 5.31. The highest BCUT2D eigenvalue weighted by atomic mass is 79.9. The number of hydrogen-bond acceptors (Lipinski definition) is 2. The van der Waals surface area contributed by atoms with Crippen LogP contribution in [0.2, 0.25) is 0 Å². The molecule has 0 spiro atoms. The quantitative estimate of drug-likeness (QED) is 0.819. The molecule has 1 aliphatic carbocycles. The maximum Gasteiger partial charge on any atom is 0.251 e. The maximum absolute atomic E-state index is 12.0. The highest BCUT2D eigenvalue weighted by molar-refractivity contribution is 9.10. The summed E-state index contributed by atoms with van der Waals surface area (Å²) in [4.78, 5) is 12.0. The van der Waals surface area contributed by atoms with Gasteiger partial charge in [0.15, 0.2) is 0 Å². The average molecular weight is 311 g/mol. The second-order valence-electron chi connectivity index (χ2n) is 5.21. The molecule has 0 aliphatic heterocycles. The van der Waals surface area contributed by atoms with Gasteiger partial charge in [0.05, 0.1) is 0 Å². The summed E-state index contributed by atoms with van der Waals surface area (Å²) in [6.07, 6.45) is 4.86. The largest absolute Gasteiger partial charge is 0.399 e. The number of nitrogens with one attached hydrogen (secondary N) is 1. The molecule has 0 bridgehead atoms. The Morgan fingerprint density at radius 3 is 2.72 bits per heavy atom. The SMILES string of the molecule is CCCC1(CNC(=O)c2cc(N)cc(Br)c2)CC1. The molecule has 1 amide bonds. The number of rotatable bonds is 5. The fourth-order valence-electron chi connectivity index (χ4n) is 2.34. The van der Waals surface area contributed by atoms with E-state index >= 15 is 0 Å². The topological polar surface area (TPSA) is 55.1 Å². The summed E-state index contributed by atoms with van der Waals surface area (Å²) in [7, 11) is 0. The first kappa shape index (κ1) is 13.4. The number of hydrogen-bond donors (Lipinski definition) is 2. The first-order valence-electron chi connectivity index (χ1n) is 6.39. The van der Waals surface area contributed by atoms with Gasteiger partial charge in [0, 0.05) is 22.3 Å². The molecule has 3 nitrogen and oxygen atoms in total. The van der Waals surface area contributed by atoms with Crippen LogP contribution in [0.4, 0.5) is 5.69 Å². The molecule has 1 fully saturated rings. The van der Waals surface area contributed by atoms with E-state index in [9.17, 15) is 4.79 Å². The number of nitrogen functional groups attached to an aromatic ring is 1. The maximum atomic E-state index is 12.0. The molecule has 4 heteroatoms. The smallest absolute Gasteiger partial charge is 0.251 e. The third-order valence-electron chi connectivity index (χ3n) is 3.54. The minimum absolute atomic E-state index is 0.0367. The normalized spacial score (nSPS) is 16.3. The summed E-state index contributed by atoms with van der Waals surface area (Å²) < 4.78 is 0.836. The molecule has 18 heavy (non-hydrogen) atoms. The van der Waals surface area contributed by atoms with E-state index in [1.807, 2.05) is 0 Å². The van der Waals surface area contributed by atoms with E-state index in [-0.39, 0.29) is 5.91 Å². The van der Waals surface area contributed by atoms with Crippen LogP contribution in [0.25, 0.3) is 0 Å². The van der Waals surface area contributed by atoms with Gasteiger partial charge < -0.3 is 11.1 Å². The predicted octanol–water partition coefficient (Wildman–Crippen LogP) is 3.34. The number of amides is 1. The van der Waals surface area contributed by atoms with E-state index in [4.69, 9.17) is 5.73 Å². The van der Waals surface area contributed by atoms with Crippen molar-refractivity contribution >= 4 is 27.5 Å². The molecule has 0 atom stereocenters. The molecule has 0 unspecified atom stereocenters. The summed E-state index contributed by atoms with van der Waals surface area (Å²) in [5, 5.41) is 3.03. The molecule has 0 saturated heterocycles. The van der Waals surface area contributed by atoms with Crippen LogP contribution in [0.1, 0.15) is 43.0 Å². The lowest BCUT2D eigenvalue weighted by atomic mass is 10.0. The number of halogens is 1. The zero-order valence-electron chi connectivity index (χ0n) is 10.6. The number of carbonyl (C=O) groups excluding carboxylic acids is 1. The van der Waals surface area contributed by atoms with Gasteiger partial charge in [0.25, 0.3) is 5.91 Å². The van der Waals surface area contributed by atoms with E-state index in [1.165, 1.54) is 25.7 Å². The Morgan fingerprint density at radius 2 is 2.17 bits per heavy atom. The van der Waals surface area contributed by atoms with Gasteiger partial charge in [0.2, 0.25) is 0 Å². The van der Waals surface area contributed by atoms with E-state index in [0.717, 1.165) is 11.0 Å². The average Bonchev–Trinajstić information content (AvgIpc) is 3.06. The van der Waals surface area contributed by atoms with Crippen molar-refractivity contribution < 1.29 is 4.79 Å².